The smallest absolute Gasteiger partial charge is 0.415 e. The Hall–Kier alpha value is -1.65. The fourth-order valence-corrected chi connectivity index (χ4v) is 2.59. The van der Waals surface area contributed by atoms with Crippen LogP contribution in [-0.4, -0.2) is 45.4 Å². The summed E-state index contributed by atoms with van der Waals surface area (Å²) in [7, 11) is -3.38. The lowest BCUT2D eigenvalue weighted by molar-refractivity contribution is -0.200. The first-order chi connectivity index (χ1) is 9.59. The maximum Gasteiger partial charge on any atom is 0.415 e. The number of carbonyl (C=O) groups is 1. The van der Waals surface area contributed by atoms with Crippen LogP contribution >= 0.6 is 0 Å². The molecule has 10 heteroatoms. The molecule has 1 atom stereocenters. The van der Waals surface area contributed by atoms with Gasteiger partial charge in [-0.2, -0.15) is 13.2 Å². The van der Waals surface area contributed by atoms with Crippen LogP contribution in [0.15, 0.2) is 29.2 Å². The van der Waals surface area contributed by atoms with E-state index in [9.17, 15) is 26.4 Å². The Balaban J connectivity index is 3.02. The highest BCUT2D eigenvalue weighted by molar-refractivity contribution is 7.89. The Kier molecular flexibility index (Phi) is 5.31. The van der Waals surface area contributed by atoms with Crippen molar-refractivity contribution in [2.45, 2.75) is 17.2 Å². The lowest BCUT2D eigenvalue weighted by atomic mass is 10.2. The van der Waals surface area contributed by atoms with Crippen molar-refractivity contribution in [3.63, 3.8) is 0 Å². The number of alkyl halides is 3. The minimum atomic E-state index is -4.95. The first kappa shape index (κ1) is 17.4. The van der Waals surface area contributed by atoms with Crippen LogP contribution in [0.3, 0.4) is 0 Å². The maximum atomic E-state index is 12.1. The Morgan fingerprint density at radius 1 is 1.38 bits per heavy atom. The number of benzene rings is 1. The van der Waals surface area contributed by atoms with Crippen LogP contribution in [0.25, 0.3) is 0 Å². The van der Waals surface area contributed by atoms with E-state index in [0.717, 1.165) is 19.2 Å². The molecular weight excluding hydrogens is 315 g/mol. The van der Waals surface area contributed by atoms with E-state index < -0.39 is 39.7 Å². The molecule has 0 aliphatic heterocycles. The molecule has 118 valence electrons. The summed E-state index contributed by atoms with van der Waals surface area (Å²) in [5.74, 6) is -0.952. The van der Waals surface area contributed by atoms with Crippen LogP contribution in [0.5, 0.6) is 0 Å². The van der Waals surface area contributed by atoms with Gasteiger partial charge in [-0.3, -0.25) is 0 Å². The molecule has 2 N–H and O–H groups in total. The SMILES string of the molecule is COC(=O)c1ccccc1S(=O)(=O)NCC(O)C(F)(F)F. The van der Waals surface area contributed by atoms with Gasteiger partial charge in [0.15, 0.2) is 6.10 Å². The molecule has 0 saturated carbocycles. The number of hydrogen-bond acceptors (Lipinski definition) is 5. The second kappa shape index (κ2) is 6.41. The summed E-state index contributed by atoms with van der Waals surface area (Å²) in [6, 6.07) is 4.85. The van der Waals surface area contributed by atoms with Gasteiger partial charge in [-0.25, -0.2) is 17.9 Å². The quantitative estimate of drug-likeness (QED) is 0.776. The van der Waals surface area contributed by atoms with Crippen molar-refractivity contribution in [3.05, 3.63) is 29.8 Å². The second-order valence-corrected chi connectivity index (χ2v) is 5.63. The van der Waals surface area contributed by atoms with Crippen molar-refractivity contribution in [3.8, 4) is 0 Å². The van der Waals surface area contributed by atoms with Gasteiger partial charge in [-0.15, -0.1) is 0 Å². The zero-order valence-electron chi connectivity index (χ0n) is 10.7. The third kappa shape index (κ3) is 4.41. The summed E-state index contributed by atoms with van der Waals surface area (Å²) in [6.45, 7) is -1.26. The normalized spacial score (nSPS) is 13.8. The van der Waals surface area contributed by atoms with E-state index in [0.29, 0.717) is 0 Å². The highest BCUT2D eigenvalue weighted by Gasteiger charge is 2.39. The molecule has 1 rings (SSSR count). The van der Waals surface area contributed by atoms with Gasteiger partial charge >= 0.3 is 12.1 Å². The van der Waals surface area contributed by atoms with Gasteiger partial charge in [-0.05, 0) is 12.1 Å². The van der Waals surface area contributed by atoms with Gasteiger partial charge in [0.1, 0.15) is 0 Å². The summed E-state index contributed by atoms with van der Waals surface area (Å²) in [5, 5.41) is 8.78. The van der Waals surface area contributed by atoms with Crippen molar-refractivity contribution >= 4 is 16.0 Å². The van der Waals surface area contributed by atoms with E-state index in [1.165, 1.54) is 12.1 Å². The molecule has 0 aliphatic carbocycles. The van der Waals surface area contributed by atoms with Gasteiger partial charge in [0.05, 0.1) is 17.6 Å². The van der Waals surface area contributed by atoms with Gasteiger partial charge in [-0.1, -0.05) is 12.1 Å². The average molecular weight is 327 g/mol. The van der Waals surface area contributed by atoms with Crippen LogP contribution in [0.4, 0.5) is 13.2 Å². The highest BCUT2D eigenvalue weighted by atomic mass is 32.2. The Morgan fingerprint density at radius 2 is 1.95 bits per heavy atom. The predicted octanol–water partition coefficient (Wildman–Crippen LogP) is 0.675. The monoisotopic (exact) mass is 327 g/mol. The van der Waals surface area contributed by atoms with Crippen LogP contribution in [0, 0.1) is 0 Å². The molecular formula is C11H12F3NO5S. The van der Waals surface area contributed by atoms with Gasteiger partial charge in [0, 0.05) is 6.54 Å². The first-order valence-corrected chi connectivity index (χ1v) is 6.99. The number of ether oxygens (including phenoxy) is 1. The second-order valence-electron chi connectivity index (χ2n) is 3.90. The molecule has 0 amide bonds. The van der Waals surface area contributed by atoms with Crippen molar-refractivity contribution < 1.29 is 36.2 Å². The zero-order chi connectivity index (χ0) is 16.3. The summed E-state index contributed by atoms with van der Waals surface area (Å²) in [6.07, 6.45) is -7.80. The summed E-state index contributed by atoms with van der Waals surface area (Å²) in [5.41, 5.74) is -0.325. The number of nitrogens with one attached hydrogen (secondary N) is 1. The molecule has 0 fully saturated rings. The lowest BCUT2D eigenvalue weighted by Crippen LogP contribution is -2.40. The van der Waals surface area contributed by atoms with E-state index in [1.807, 2.05) is 0 Å². The fourth-order valence-electron chi connectivity index (χ4n) is 1.36. The average Bonchev–Trinajstić information content (AvgIpc) is 2.42. The highest BCUT2D eigenvalue weighted by Crippen LogP contribution is 2.21. The van der Waals surface area contributed by atoms with E-state index in [1.54, 1.807) is 4.72 Å². The number of methoxy groups -OCH3 is 1. The molecule has 0 heterocycles. The zero-order valence-corrected chi connectivity index (χ0v) is 11.5. The van der Waals surface area contributed by atoms with Crippen LogP contribution in [0.1, 0.15) is 10.4 Å². The topological polar surface area (TPSA) is 92.7 Å². The molecule has 6 nitrogen and oxygen atoms in total. The molecule has 0 saturated heterocycles. The number of carbonyl (C=O) groups excluding carboxylic acids is 1. The Labute approximate surface area is 118 Å². The number of hydrogen-bond donors (Lipinski definition) is 2. The van der Waals surface area contributed by atoms with Crippen molar-refractivity contribution in [1.82, 2.24) is 4.72 Å². The molecule has 1 unspecified atom stereocenters. The third-order valence-corrected chi connectivity index (χ3v) is 3.91. The molecule has 1 aromatic rings. The fraction of sp³-hybridized carbons (Fsp3) is 0.364. The number of aliphatic hydroxyl groups excluding tert-OH is 1. The number of esters is 1. The van der Waals surface area contributed by atoms with E-state index in [2.05, 4.69) is 4.74 Å². The Bertz CT molecular complexity index is 615. The maximum absolute atomic E-state index is 12.1. The van der Waals surface area contributed by atoms with Crippen LogP contribution in [-0.2, 0) is 14.8 Å². The van der Waals surface area contributed by atoms with E-state index in [4.69, 9.17) is 5.11 Å². The van der Waals surface area contributed by atoms with Crippen LogP contribution in [0.2, 0.25) is 0 Å². The van der Waals surface area contributed by atoms with Crippen molar-refractivity contribution in [2.24, 2.45) is 0 Å². The third-order valence-electron chi connectivity index (χ3n) is 2.43. The summed E-state index contributed by atoms with van der Waals surface area (Å²) >= 11 is 0. The number of rotatable bonds is 5. The summed E-state index contributed by atoms with van der Waals surface area (Å²) in [4.78, 5) is 10.9. The van der Waals surface area contributed by atoms with Gasteiger partial charge in [0.25, 0.3) is 0 Å². The number of aliphatic hydroxyl groups is 1. The molecule has 1 aromatic carbocycles. The molecule has 21 heavy (non-hydrogen) atoms. The molecule has 0 aromatic heterocycles. The lowest BCUT2D eigenvalue weighted by Gasteiger charge is -2.16. The molecule has 0 bridgehead atoms. The summed E-state index contributed by atoms with van der Waals surface area (Å²) < 4.78 is 66.2. The van der Waals surface area contributed by atoms with E-state index >= 15 is 0 Å². The minimum Gasteiger partial charge on any atom is -0.465 e. The van der Waals surface area contributed by atoms with Crippen molar-refractivity contribution in [2.75, 3.05) is 13.7 Å². The molecule has 0 spiro atoms. The largest absolute Gasteiger partial charge is 0.465 e. The first-order valence-electron chi connectivity index (χ1n) is 5.51. The molecule has 0 radical (unpaired) electrons. The number of halogens is 3. The molecule has 0 aliphatic rings. The Morgan fingerprint density at radius 3 is 2.48 bits per heavy atom. The van der Waals surface area contributed by atoms with Crippen LogP contribution < -0.4 is 4.72 Å². The number of sulfonamides is 1. The van der Waals surface area contributed by atoms with Gasteiger partial charge < -0.3 is 9.84 Å². The minimum absolute atomic E-state index is 0.325. The standard InChI is InChI=1S/C11H12F3NO5S/c1-20-10(17)7-4-2-3-5-8(7)21(18,19)15-6-9(16)11(12,13)14/h2-5,9,15-16H,6H2,1H3. The predicted molar refractivity (Wildman–Crippen MR) is 65.0 cm³/mol. The van der Waals surface area contributed by atoms with Crippen molar-refractivity contribution in [1.29, 1.82) is 0 Å². The van der Waals surface area contributed by atoms with Gasteiger partial charge in [0.2, 0.25) is 10.0 Å². The van der Waals surface area contributed by atoms with E-state index in [-0.39, 0.29) is 5.56 Å².